The standard InChI is InChI=1S/C6H15NS/c1-5-6(2,8)7(3)4/h8H,5H2,1-4H3/t6-/m1/s1. The number of hydrogen-bond donors (Lipinski definition) is 1. The first-order chi connectivity index (χ1) is 3.50. The summed E-state index contributed by atoms with van der Waals surface area (Å²) in [6.07, 6.45) is 1.07. The van der Waals surface area contributed by atoms with Crippen molar-refractivity contribution in [3.05, 3.63) is 0 Å². The van der Waals surface area contributed by atoms with Crippen LogP contribution in [-0.4, -0.2) is 23.9 Å². The van der Waals surface area contributed by atoms with E-state index in [0.717, 1.165) is 6.42 Å². The summed E-state index contributed by atoms with van der Waals surface area (Å²) in [5.74, 6) is 0. The van der Waals surface area contributed by atoms with E-state index in [2.05, 4.69) is 31.4 Å². The van der Waals surface area contributed by atoms with Gasteiger partial charge in [0.15, 0.2) is 0 Å². The van der Waals surface area contributed by atoms with Crippen molar-refractivity contribution in [1.29, 1.82) is 0 Å². The zero-order valence-corrected chi connectivity index (χ0v) is 7.00. The molecule has 50 valence electrons. The minimum Gasteiger partial charge on any atom is -0.296 e. The summed E-state index contributed by atoms with van der Waals surface area (Å²) < 4.78 is 0. The molecule has 0 aromatic carbocycles. The highest BCUT2D eigenvalue weighted by molar-refractivity contribution is 7.81. The Hall–Kier alpha value is 0.310. The Labute approximate surface area is 57.5 Å². The second kappa shape index (κ2) is 2.74. The van der Waals surface area contributed by atoms with E-state index in [1.807, 2.05) is 14.1 Å². The zero-order chi connectivity index (χ0) is 6.78. The molecule has 0 aliphatic rings. The molecular weight excluding hydrogens is 118 g/mol. The Morgan fingerprint density at radius 1 is 1.50 bits per heavy atom. The molecule has 8 heavy (non-hydrogen) atoms. The van der Waals surface area contributed by atoms with Crippen molar-refractivity contribution in [2.45, 2.75) is 25.1 Å². The van der Waals surface area contributed by atoms with Gasteiger partial charge < -0.3 is 0 Å². The van der Waals surface area contributed by atoms with Crippen LogP contribution >= 0.6 is 12.6 Å². The van der Waals surface area contributed by atoms with Gasteiger partial charge in [0.2, 0.25) is 0 Å². The molecule has 0 heterocycles. The Morgan fingerprint density at radius 2 is 1.88 bits per heavy atom. The van der Waals surface area contributed by atoms with Gasteiger partial charge in [-0.2, -0.15) is 12.6 Å². The van der Waals surface area contributed by atoms with E-state index in [9.17, 15) is 0 Å². The first kappa shape index (κ1) is 8.31. The van der Waals surface area contributed by atoms with Gasteiger partial charge in [0.25, 0.3) is 0 Å². The van der Waals surface area contributed by atoms with Crippen LogP contribution in [0.15, 0.2) is 0 Å². The molecule has 0 aliphatic carbocycles. The molecule has 0 aromatic heterocycles. The molecule has 0 unspecified atom stereocenters. The van der Waals surface area contributed by atoms with Gasteiger partial charge in [-0.15, -0.1) is 0 Å². The van der Waals surface area contributed by atoms with Gasteiger partial charge in [0.1, 0.15) is 0 Å². The Balaban J connectivity index is 3.71. The lowest BCUT2D eigenvalue weighted by molar-refractivity contribution is 0.273. The molecule has 0 aromatic rings. The second-order valence-corrected chi connectivity index (χ2v) is 3.43. The van der Waals surface area contributed by atoms with Crippen LogP contribution in [0.1, 0.15) is 20.3 Å². The van der Waals surface area contributed by atoms with Crippen LogP contribution in [0.4, 0.5) is 0 Å². The predicted molar refractivity (Wildman–Crippen MR) is 41.4 cm³/mol. The van der Waals surface area contributed by atoms with Crippen molar-refractivity contribution >= 4 is 12.6 Å². The quantitative estimate of drug-likeness (QED) is 0.442. The van der Waals surface area contributed by atoms with E-state index in [0.29, 0.717) is 0 Å². The molecule has 2 heteroatoms. The summed E-state index contributed by atoms with van der Waals surface area (Å²) in [7, 11) is 4.08. The second-order valence-electron chi connectivity index (χ2n) is 2.46. The SMILES string of the molecule is CC[C@@](C)(S)N(C)C. The summed E-state index contributed by atoms with van der Waals surface area (Å²) in [6, 6.07) is 0. The smallest absolute Gasteiger partial charge is 0.0604 e. The molecule has 1 atom stereocenters. The number of hydrogen-bond acceptors (Lipinski definition) is 2. The van der Waals surface area contributed by atoms with E-state index in [1.54, 1.807) is 0 Å². The maximum absolute atomic E-state index is 4.41. The maximum atomic E-state index is 4.41. The highest BCUT2D eigenvalue weighted by Gasteiger charge is 2.17. The lowest BCUT2D eigenvalue weighted by Gasteiger charge is -2.29. The predicted octanol–water partition coefficient (Wildman–Crippen LogP) is 1.60. The Kier molecular flexibility index (Phi) is 2.84. The summed E-state index contributed by atoms with van der Waals surface area (Å²) in [6.45, 7) is 4.24. The summed E-state index contributed by atoms with van der Waals surface area (Å²) in [4.78, 5) is 2.18. The highest BCUT2D eigenvalue weighted by Crippen LogP contribution is 2.19. The zero-order valence-electron chi connectivity index (χ0n) is 6.10. The van der Waals surface area contributed by atoms with E-state index in [4.69, 9.17) is 0 Å². The van der Waals surface area contributed by atoms with Crippen molar-refractivity contribution in [2.75, 3.05) is 14.1 Å². The average Bonchev–Trinajstić information content (AvgIpc) is 1.67. The van der Waals surface area contributed by atoms with Crippen LogP contribution in [0.3, 0.4) is 0 Å². The van der Waals surface area contributed by atoms with Crippen molar-refractivity contribution < 1.29 is 0 Å². The molecule has 0 fully saturated rings. The summed E-state index contributed by atoms with van der Waals surface area (Å²) in [5.41, 5.74) is 0. The van der Waals surface area contributed by atoms with Crippen molar-refractivity contribution in [3.63, 3.8) is 0 Å². The van der Waals surface area contributed by atoms with Crippen LogP contribution < -0.4 is 0 Å². The molecule has 0 amide bonds. The number of nitrogens with zero attached hydrogens (tertiary/aromatic N) is 1. The lowest BCUT2D eigenvalue weighted by Crippen LogP contribution is -2.34. The Morgan fingerprint density at radius 3 is 1.88 bits per heavy atom. The van der Waals surface area contributed by atoms with Gasteiger partial charge >= 0.3 is 0 Å². The molecule has 0 N–H and O–H groups in total. The summed E-state index contributed by atoms with van der Waals surface area (Å²) in [5, 5.41) is 0. The number of rotatable bonds is 2. The monoisotopic (exact) mass is 133 g/mol. The highest BCUT2D eigenvalue weighted by atomic mass is 32.1. The van der Waals surface area contributed by atoms with E-state index >= 15 is 0 Å². The van der Waals surface area contributed by atoms with Crippen LogP contribution in [-0.2, 0) is 0 Å². The van der Waals surface area contributed by atoms with Gasteiger partial charge in [0.05, 0.1) is 4.87 Å². The lowest BCUT2D eigenvalue weighted by atomic mass is 10.2. The fourth-order valence-corrected chi connectivity index (χ4v) is 0.316. The molecule has 0 saturated heterocycles. The van der Waals surface area contributed by atoms with Gasteiger partial charge in [-0.25, -0.2) is 0 Å². The maximum Gasteiger partial charge on any atom is 0.0604 e. The van der Waals surface area contributed by atoms with Gasteiger partial charge in [-0.1, -0.05) is 6.92 Å². The first-order valence-electron chi connectivity index (χ1n) is 2.90. The van der Waals surface area contributed by atoms with Gasteiger partial charge in [-0.05, 0) is 27.4 Å². The van der Waals surface area contributed by atoms with Crippen molar-refractivity contribution in [2.24, 2.45) is 0 Å². The Bertz CT molecular complexity index is 68.9. The van der Waals surface area contributed by atoms with Crippen molar-refractivity contribution in [1.82, 2.24) is 4.90 Å². The molecule has 0 rings (SSSR count). The summed E-state index contributed by atoms with van der Waals surface area (Å²) >= 11 is 4.41. The van der Waals surface area contributed by atoms with Crippen molar-refractivity contribution in [3.8, 4) is 0 Å². The molecule has 0 bridgehead atoms. The van der Waals surface area contributed by atoms with Gasteiger partial charge in [-0.3, -0.25) is 4.90 Å². The van der Waals surface area contributed by atoms with E-state index < -0.39 is 0 Å². The molecule has 0 saturated carbocycles. The van der Waals surface area contributed by atoms with Crippen LogP contribution in [0.5, 0.6) is 0 Å². The van der Waals surface area contributed by atoms with Gasteiger partial charge in [0, 0.05) is 0 Å². The topological polar surface area (TPSA) is 3.24 Å². The third-order valence-electron chi connectivity index (χ3n) is 1.63. The van der Waals surface area contributed by atoms with Crippen LogP contribution in [0.2, 0.25) is 0 Å². The molecule has 0 spiro atoms. The third-order valence-corrected chi connectivity index (χ3v) is 2.35. The number of thiol groups is 1. The van der Waals surface area contributed by atoms with Crippen LogP contribution in [0.25, 0.3) is 0 Å². The molecular formula is C6H15NS. The molecule has 1 nitrogen and oxygen atoms in total. The van der Waals surface area contributed by atoms with Crippen LogP contribution in [0, 0.1) is 0 Å². The normalized spacial score (nSPS) is 18.8. The van der Waals surface area contributed by atoms with E-state index in [1.165, 1.54) is 0 Å². The molecule has 0 radical (unpaired) electrons. The molecule has 0 aliphatic heterocycles. The average molecular weight is 133 g/mol. The van der Waals surface area contributed by atoms with E-state index in [-0.39, 0.29) is 4.87 Å². The minimum atomic E-state index is 0.0694. The minimum absolute atomic E-state index is 0.0694. The first-order valence-corrected chi connectivity index (χ1v) is 3.35. The largest absolute Gasteiger partial charge is 0.296 e. The fraction of sp³-hybridized carbons (Fsp3) is 1.00. The fourth-order valence-electron chi connectivity index (χ4n) is 0.316. The third kappa shape index (κ3) is 2.05.